The molecule has 6 rings (SSSR count). The molecule has 0 saturated carbocycles. The van der Waals surface area contributed by atoms with E-state index in [2.05, 4.69) is 10.6 Å². The Balaban J connectivity index is 1.07. The molecule has 3 aromatic rings. The van der Waals surface area contributed by atoms with Crippen LogP contribution in [-0.2, 0) is 32.3 Å². The lowest BCUT2D eigenvalue weighted by atomic mass is 9.98. The van der Waals surface area contributed by atoms with Crippen molar-refractivity contribution < 1.29 is 33.6 Å². The molecule has 3 aliphatic rings. The number of benzene rings is 3. The molecule has 43 heavy (non-hydrogen) atoms. The first kappa shape index (κ1) is 27.7. The van der Waals surface area contributed by atoms with Crippen molar-refractivity contribution in [2.75, 3.05) is 0 Å². The van der Waals surface area contributed by atoms with Crippen LogP contribution < -0.4 is 10.6 Å². The van der Waals surface area contributed by atoms with Gasteiger partial charge in [0, 0.05) is 24.9 Å². The second kappa shape index (κ2) is 11.1. The van der Waals surface area contributed by atoms with Crippen molar-refractivity contribution in [2.45, 2.75) is 44.3 Å². The predicted octanol–water partition coefficient (Wildman–Crippen LogP) is 2.06. The summed E-state index contributed by atoms with van der Waals surface area (Å²) >= 11 is 0. The fourth-order valence-corrected chi connectivity index (χ4v) is 5.64. The molecule has 2 N–H and O–H groups in total. The Morgan fingerprint density at radius 2 is 1.53 bits per heavy atom. The first-order valence-electron chi connectivity index (χ1n) is 13.8. The van der Waals surface area contributed by atoms with Crippen molar-refractivity contribution in [2.24, 2.45) is 0 Å². The number of carbonyl (C=O) groups is 7. The van der Waals surface area contributed by atoms with Gasteiger partial charge in [0.1, 0.15) is 6.04 Å². The number of likely N-dealkylation sites (tertiary alicyclic amines) is 1. The highest BCUT2D eigenvalue weighted by Gasteiger charge is 2.45. The summed E-state index contributed by atoms with van der Waals surface area (Å²) in [6.45, 7) is 0.328. The van der Waals surface area contributed by atoms with E-state index in [1.807, 2.05) is 30.3 Å². The fourth-order valence-electron chi connectivity index (χ4n) is 5.64. The van der Waals surface area contributed by atoms with Crippen LogP contribution in [-0.4, -0.2) is 57.2 Å². The molecule has 0 aliphatic carbocycles. The molecule has 216 valence electrons. The highest BCUT2D eigenvalue weighted by Crippen LogP contribution is 2.31. The van der Waals surface area contributed by atoms with Gasteiger partial charge >= 0.3 is 0 Å². The van der Waals surface area contributed by atoms with Crippen molar-refractivity contribution in [3.63, 3.8) is 0 Å². The summed E-state index contributed by atoms with van der Waals surface area (Å²) in [6.07, 6.45) is 0.202. The number of fused-ring (bicyclic) bond motifs is 1. The molecule has 11 nitrogen and oxygen atoms in total. The molecule has 3 aliphatic heterocycles. The summed E-state index contributed by atoms with van der Waals surface area (Å²) in [5.41, 5.74) is 2.64. The number of nitrogens with one attached hydrogen (secondary N) is 2. The zero-order valence-electron chi connectivity index (χ0n) is 22.9. The van der Waals surface area contributed by atoms with Gasteiger partial charge in [-0.2, -0.15) is 0 Å². The zero-order chi connectivity index (χ0) is 30.2. The van der Waals surface area contributed by atoms with Crippen molar-refractivity contribution in [1.82, 2.24) is 20.4 Å². The number of hydrogen-bond donors (Lipinski definition) is 2. The van der Waals surface area contributed by atoms with Crippen LogP contribution in [0.5, 0.6) is 0 Å². The topological polar surface area (TPSA) is 150 Å². The summed E-state index contributed by atoms with van der Waals surface area (Å²) < 4.78 is 0. The molecule has 0 spiro atoms. The number of nitrogens with zero attached hydrogens (tertiary/aromatic N) is 2. The van der Waals surface area contributed by atoms with Crippen molar-refractivity contribution >= 4 is 41.4 Å². The van der Waals surface area contributed by atoms with Gasteiger partial charge in [0.25, 0.3) is 17.7 Å². The van der Waals surface area contributed by atoms with E-state index >= 15 is 0 Å². The monoisotopic (exact) mass is 578 g/mol. The second-order valence-corrected chi connectivity index (χ2v) is 10.7. The third-order valence-corrected chi connectivity index (χ3v) is 7.96. The van der Waals surface area contributed by atoms with E-state index in [1.165, 1.54) is 23.1 Å². The van der Waals surface area contributed by atoms with Gasteiger partial charge < -0.3 is 5.32 Å². The zero-order valence-corrected chi connectivity index (χ0v) is 22.9. The molecular weight excluding hydrogens is 552 g/mol. The van der Waals surface area contributed by atoms with E-state index in [4.69, 9.17) is 0 Å². The Morgan fingerprint density at radius 3 is 2.26 bits per heavy atom. The van der Waals surface area contributed by atoms with Gasteiger partial charge in [0.2, 0.25) is 23.6 Å². The number of amides is 7. The normalized spacial score (nSPS) is 20.0. The average Bonchev–Trinajstić information content (AvgIpc) is 3.43. The predicted molar refractivity (Wildman–Crippen MR) is 150 cm³/mol. The maximum absolute atomic E-state index is 13.0. The third-order valence-electron chi connectivity index (χ3n) is 7.96. The number of hydrogen-bond acceptors (Lipinski definition) is 7. The summed E-state index contributed by atoms with van der Waals surface area (Å²) in [7, 11) is 0. The van der Waals surface area contributed by atoms with Gasteiger partial charge in [-0.1, -0.05) is 54.6 Å². The van der Waals surface area contributed by atoms with Gasteiger partial charge in [-0.05, 0) is 41.3 Å². The van der Waals surface area contributed by atoms with Crippen LogP contribution >= 0.6 is 0 Å². The molecule has 3 aromatic carbocycles. The largest absolute Gasteiger partial charge is 0.348 e. The van der Waals surface area contributed by atoms with Crippen LogP contribution in [0.4, 0.5) is 0 Å². The minimum atomic E-state index is -1.09. The Bertz CT molecular complexity index is 1700. The van der Waals surface area contributed by atoms with Gasteiger partial charge in [-0.3, -0.25) is 48.7 Å². The van der Waals surface area contributed by atoms with Crippen LogP contribution in [0.25, 0.3) is 0 Å². The Labute approximate surface area is 245 Å². The summed E-state index contributed by atoms with van der Waals surface area (Å²) in [4.78, 5) is 90.1. The molecule has 2 saturated heterocycles. The lowest BCUT2D eigenvalue weighted by molar-refractivity contribution is -0.140. The highest BCUT2D eigenvalue weighted by atomic mass is 16.2. The molecule has 2 unspecified atom stereocenters. The molecule has 2 atom stereocenters. The Hall–Kier alpha value is -5.45. The van der Waals surface area contributed by atoms with E-state index in [1.54, 1.807) is 24.3 Å². The van der Waals surface area contributed by atoms with Crippen LogP contribution in [0.2, 0.25) is 0 Å². The molecular formula is C32H26N4O7. The molecule has 0 bridgehead atoms. The first-order chi connectivity index (χ1) is 20.7. The molecule has 7 amide bonds. The van der Waals surface area contributed by atoms with Crippen molar-refractivity contribution in [3.8, 4) is 0 Å². The lowest BCUT2D eigenvalue weighted by Crippen LogP contribution is -2.54. The maximum Gasteiger partial charge on any atom is 0.262 e. The highest BCUT2D eigenvalue weighted by molar-refractivity contribution is 6.24. The minimum Gasteiger partial charge on any atom is -0.348 e. The maximum atomic E-state index is 13.0. The second-order valence-electron chi connectivity index (χ2n) is 10.7. The molecule has 2 fully saturated rings. The molecule has 0 radical (unpaired) electrons. The van der Waals surface area contributed by atoms with Crippen molar-refractivity contribution in [1.29, 1.82) is 0 Å². The van der Waals surface area contributed by atoms with Crippen LogP contribution in [0.1, 0.15) is 72.9 Å². The van der Waals surface area contributed by atoms with E-state index in [9.17, 15) is 33.6 Å². The summed E-state index contributed by atoms with van der Waals surface area (Å²) in [6, 6.07) is 19.5. The van der Waals surface area contributed by atoms with Crippen LogP contribution in [0.15, 0.2) is 72.8 Å². The van der Waals surface area contributed by atoms with Gasteiger partial charge in [0.05, 0.1) is 23.6 Å². The Morgan fingerprint density at radius 1 is 0.837 bits per heavy atom. The number of carbonyl (C=O) groups excluding carboxylic acids is 7. The van der Waals surface area contributed by atoms with E-state index in [-0.39, 0.29) is 60.9 Å². The standard InChI is InChI=1S/C32H26N4O7/c37-26-13-12-25(29(40)34-26)36-31(42)22-11-10-21(14-24(22)32(36)43)28(39)33-16-18-6-8-19(9-7-18)17-35-27(38)15-23(30(35)41)20-4-2-1-3-5-20/h1-11,14,23,25H,12-13,15-17H2,(H,33,39)(H,34,37,40). The number of piperidine rings is 1. The van der Waals surface area contributed by atoms with Crippen LogP contribution in [0.3, 0.4) is 0 Å². The summed E-state index contributed by atoms with van der Waals surface area (Å²) in [5.74, 6) is -3.88. The Kier molecular flexibility index (Phi) is 7.14. The molecule has 11 heteroatoms. The minimum absolute atomic E-state index is 0.0156. The van der Waals surface area contributed by atoms with Crippen LogP contribution in [0, 0.1) is 0 Å². The number of rotatable bonds is 7. The van der Waals surface area contributed by atoms with Gasteiger partial charge in [-0.25, -0.2) is 0 Å². The van der Waals surface area contributed by atoms with E-state index in [0.29, 0.717) is 0 Å². The van der Waals surface area contributed by atoms with Gasteiger partial charge in [-0.15, -0.1) is 0 Å². The molecule has 0 aromatic heterocycles. The van der Waals surface area contributed by atoms with E-state index < -0.39 is 41.5 Å². The molecule has 3 heterocycles. The van der Waals surface area contributed by atoms with Crippen molar-refractivity contribution in [3.05, 3.63) is 106 Å². The number of imide groups is 3. The quantitative estimate of drug-likeness (QED) is 0.408. The smallest absolute Gasteiger partial charge is 0.262 e. The van der Waals surface area contributed by atoms with E-state index in [0.717, 1.165) is 21.6 Å². The summed E-state index contributed by atoms with van der Waals surface area (Å²) in [5, 5.41) is 4.93. The average molecular weight is 579 g/mol. The third kappa shape index (κ3) is 5.21. The first-order valence-corrected chi connectivity index (χ1v) is 13.8. The SMILES string of the molecule is O=C1CCC(N2C(=O)c3ccc(C(=O)NCc4ccc(CN5C(=O)CC(c6ccccc6)C5=O)cc4)cc3C2=O)C(=O)N1. The van der Waals surface area contributed by atoms with Gasteiger partial charge in [0.15, 0.2) is 0 Å². The lowest BCUT2D eigenvalue weighted by Gasteiger charge is -2.27. The fraction of sp³-hybridized carbons (Fsp3) is 0.219.